The van der Waals surface area contributed by atoms with E-state index in [0.717, 1.165) is 0 Å². The number of aromatic nitrogens is 2. The van der Waals surface area contributed by atoms with Crippen molar-refractivity contribution in [1.82, 2.24) is 9.78 Å². The van der Waals surface area contributed by atoms with Gasteiger partial charge in [0.25, 0.3) is 0 Å². The Morgan fingerprint density at radius 3 is 2.59 bits per heavy atom. The molecule has 90 valence electrons. The van der Waals surface area contributed by atoms with Gasteiger partial charge in [0.1, 0.15) is 11.4 Å². The molecule has 0 aliphatic heterocycles. The van der Waals surface area contributed by atoms with Crippen LogP contribution >= 0.6 is 0 Å². The zero-order valence-corrected chi connectivity index (χ0v) is 10.1. The summed E-state index contributed by atoms with van der Waals surface area (Å²) in [5, 5.41) is 4.25. The van der Waals surface area contributed by atoms with Crippen LogP contribution in [0.2, 0.25) is 0 Å². The Balaban J connectivity index is 2.52. The highest BCUT2D eigenvalue weighted by molar-refractivity contribution is 5.67. The quantitative estimate of drug-likeness (QED) is 0.814. The molecule has 4 heteroatoms. The molecule has 0 spiro atoms. The summed E-state index contributed by atoms with van der Waals surface area (Å²) in [4.78, 5) is 0. The summed E-state index contributed by atoms with van der Waals surface area (Å²) in [6, 6.07) is 7.41. The van der Waals surface area contributed by atoms with Crippen molar-refractivity contribution < 1.29 is 9.13 Å². The van der Waals surface area contributed by atoms with E-state index in [1.54, 1.807) is 23.9 Å². The molecule has 2 aromatic rings. The molecule has 2 rings (SSSR count). The van der Waals surface area contributed by atoms with E-state index in [4.69, 9.17) is 4.74 Å². The average molecular weight is 234 g/mol. The van der Waals surface area contributed by atoms with E-state index >= 15 is 0 Å². The molecule has 0 aliphatic carbocycles. The van der Waals surface area contributed by atoms with Gasteiger partial charge in [-0.1, -0.05) is 12.1 Å². The summed E-state index contributed by atoms with van der Waals surface area (Å²) in [6.45, 7) is 3.91. The van der Waals surface area contributed by atoms with Gasteiger partial charge in [0.2, 0.25) is 0 Å². The van der Waals surface area contributed by atoms with Crippen LogP contribution in [0.3, 0.4) is 0 Å². The molecule has 0 unspecified atom stereocenters. The monoisotopic (exact) mass is 234 g/mol. The predicted octanol–water partition coefficient (Wildman–Crippen LogP) is 3.28. The van der Waals surface area contributed by atoms with Crippen molar-refractivity contribution in [3.8, 4) is 17.0 Å². The third-order valence-electron chi connectivity index (χ3n) is 2.58. The summed E-state index contributed by atoms with van der Waals surface area (Å²) in [7, 11) is 1.57. The van der Waals surface area contributed by atoms with Gasteiger partial charge in [0, 0.05) is 11.6 Å². The number of halogens is 1. The highest BCUT2D eigenvalue weighted by Gasteiger charge is 2.15. The second kappa shape index (κ2) is 4.57. The summed E-state index contributed by atoms with van der Waals surface area (Å²) in [5.41, 5.74) is 1.00. The molecule has 1 heterocycles. The molecule has 17 heavy (non-hydrogen) atoms. The molecule has 0 N–H and O–H groups in total. The Kier molecular flexibility index (Phi) is 3.13. The van der Waals surface area contributed by atoms with Crippen molar-refractivity contribution in [2.45, 2.75) is 19.9 Å². The fraction of sp³-hybridized carbons (Fsp3) is 0.308. The van der Waals surface area contributed by atoms with Gasteiger partial charge in [-0.25, -0.2) is 4.39 Å². The molecule has 0 saturated heterocycles. The molecule has 0 atom stereocenters. The average Bonchev–Trinajstić information content (AvgIpc) is 2.71. The van der Waals surface area contributed by atoms with Crippen LogP contribution in [0.15, 0.2) is 30.5 Å². The topological polar surface area (TPSA) is 27.1 Å². The molecule has 1 aromatic carbocycles. The van der Waals surface area contributed by atoms with Gasteiger partial charge in [0.15, 0.2) is 5.82 Å². The Morgan fingerprint density at radius 2 is 2.00 bits per heavy atom. The van der Waals surface area contributed by atoms with E-state index in [0.29, 0.717) is 17.0 Å². The minimum Gasteiger partial charge on any atom is -0.496 e. The fourth-order valence-corrected chi connectivity index (χ4v) is 1.66. The van der Waals surface area contributed by atoms with Crippen LogP contribution < -0.4 is 4.74 Å². The molecule has 0 bridgehead atoms. The van der Waals surface area contributed by atoms with Gasteiger partial charge in [-0.3, -0.25) is 4.68 Å². The summed E-state index contributed by atoms with van der Waals surface area (Å²) in [6.07, 6.45) is 1.41. The number of hydrogen-bond acceptors (Lipinski definition) is 2. The van der Waals surface area contributed by atoms with Crippen LogP contribution in [0, 0.1) is 5.82 Å². The molecule has 3 nitrogen and oxygen atoms in total. The zero-order chi connectivity index (χ0) is 12.4. The molecule has 0 radical (unpaired) electrons. The van der Waals surface area contributed by atoms with Gasteiger partial charge in [-0.05, 0) is 26.0 Å². The molecular weight excluding hydrogens is 219 g/mol. The molecule has 0 aliphatic rings. The van der Waals surface area contributed by atoms with Crippen LogP contribution in [-0.4, -0.2) is 16.9 Å². The highest BCUT2D eigenvalue weighted by atomic mass is 19.1. The number of benzene rings is 1. The lowest BCUT2D eigenvalue weighted by atomic mass is 10.1. The van der Waals surface area contributed by atoms with Crippen molar-refractivity contribution in [1.29, 1.82) is 0 Å². The first-order chi connectivity index (χ1) is 8.13. The smallest absolute Gasteiger partial charge is 0.169 e. The SMILES string of the molecule is COc1ccccc1-c1nn(C(C)C)cc1F. The van der Waals surface area contributed by atoms with Crippen LogP contribution in [0.5, 0.6) is 5.75 Å². The number of methoxy groups -OCH3 is 1. The van der Waals surface area contributed by atoms with E-state index in [1.165, 1.54) is 6.20 Å². The van der Waals surface area contributed by atoms with Gasteiger partial charge < -0.3 is 4.74 Å². The maximum atomic E-state index is 13.8. The van der Waals surface area contributed by atoms with E-state index in [2.05, 4.69) is 5.10 Å². The van der Waals surface area contributed by atoms with Crippen LogP contribution in [0.1, 0.15) is 19.9 Å². The first-order valence-corrected chi connectivity index (χ1v) is 5.51. The summed E-state index contributed by atoms with van der Waals surface area (Å²) >= 11 is 0. The third-order valence-corrected chi connectivity index (χ3v) is 2.58. The van der Waals surface area contributed by atoms with Crippen molar-refractivity contribution in [2.24, 2.45) is 0 Å². The lowest BCUT2D eigenvalue weighted by Crippen LogP contribution is -2.00. The number of rotatable bonds is 3. The maximum Gasteiger partial charge on any atom is 0.169 e. The number of hydrogen-bond donors (Lipinski definition) is 0. The molecule has 1 aromatic heterocycles. The maximum absolute atomic E-state index is 13.8. The van der Waals surface area contributed by atoms with Crippen molar-refractivity contribution >= 4 is 0 Å². The minimum atomic E-state index is -0.330. The minimum absolute atomic E-state index is 0.132. The molecular formula is C13H15FN2O. The second-order valence-electron chi connectivity index (χ2n) is 4.10. The second-order valence-corrected chi connectivity index (χ2v) is 4.10. The Labute approximate surface area is 99.8 Å². The number of ether oxygens (including phenoxy) is 1. The van der Waals surface area contributed by atoms with Crippen LogP contribution in [-0.2, 0) is 0 Å². The van der Waals surface area contributed by atoms with Gasteiger partial charge in [-0.15, -0.1) is 0 Å². The fourth-order valence-electron chi connectivity index (χ4n) is 1.66. The van der Waals surface area contributed by atoms with E-state index in [-0.39, 0.29) is 11.9 Å². The van der Waals surface area contributed by atoms with Crippen LogP contribution in [0.4, 0.5) is 4.39 Å². The zero-order valence-electron chi connectivity index (χ0n) is 10.1. The molecule has 0 fully saturated rings. The third kappa shape index (κ3) is 2.16. The van der Waals surface area contributed by atoms with Crippen molar-refractivity contribution in [2.75, 3.05) is 7.11 Å². The van der Waals surface area contributed by atoms with E-state index < -0.39 is 0 Å². The van der Waals surface area contributed by atoms with Crippen LogP contribution in [0.25, 0.3) is 11.3 Å². The van der Waals surface area contributed by atoms with Gasteiger partial charge in [-0.2, -0.15) is 5.10 Å². The lowest BCUT2D eigenvalue weighted by molar-refractivity contribution is 0.416. The van der Waals surface area contributed by atoms with Crippen molar-refractivity contribution in [3.05, 3.63) is 36.3 Å². The van der Waals surface area contributed by atoms with Crippen molar-refractivity contribution in [3.63, 3.8) is 0 Å². The van der Waals surface area contributed by atoms with E-state index in [9.17, 15) is 4.39 Å². The Bertz CT molecular complexity index is 520. The first-order valence-electron chi connectivity index (χ1n) is 5.51. The highest BCUT2D eigenvalue weighted by Crippen LogP contribution is 2.30. The first kappa shape index (κ1) is 11.6. The standard InChI is InChI=1S/C13H15FN2O/c1-9(2)16-8-11(14)13(15-16)10-6-4-5-7-12(10)17-3/h4-9H,1-3H3. The molecule has 0 amide bonds. The Morgan fingerprint density at radius 1 is 1.29 bits per heavy atom. The summed E-state index contributed by atoms with van der Waals surface area (Å²) < 4.78 is 20.7. The van der Waals surface area contributed by atoms with Gasteiger partial charge >= 0.3 is 0 Å². The largest absolute Gasteiger partial charge is 0.496 e. The predicted molar refractivity (Wildman–Crippen MR) is 64.6 cm³/mol. The lowest BCUT2D eigenvalue weighted by Gasteiger charge is -2.06. The van der Waals surface area contributed by atoms with E-state index in [1.807, 2.05) is 26.0 Å². The number of nitrogens with zero attached hydrogens (tertiary/aromatic N) is 2. The van der Waals surface area contributed by atoms with Gasteiger partial charge in [0.05, 0.1) is 13.3 Å². The normalized spacial score (nSPS) is 10.9. The molecule has 0 saturated carbocycles. The Hall–Kier alpha value is -1.84. The summed E-state index contributed by atoms with van der Waals surface area (Å²) in [5.74, 6) is 0.295. The number of para-hydroxylation sites is 1.